The molecule has 1 atom stereocenters. The number of aliphatic hydroxyl groups is 1. The van der Waals surface area contributed by atoms with Crippen molar-refractivity contribution in [3.05, 3.63) is 35.4 Å². The molecule has 0 heterocycles. The first-order valence-corrected chi connectivity index (χ1v) is 4.79. The minimum absolute atomic E-state index is 0.634. The average molecular weight is 189 g/mol. The minimum Gasteiger partial charge on any atom is -0.390 e. The van der Waals surface area contributed by atoms with Crippen LogP contribution in [0, 0.1) is 11.3 Å². The number of benzene rings is 1. The number of hydrogen-bond donors (Lipinski definition) is 1. The number of rotatable bonds is 3. The molecular weight excluding hydrogens is 174 g/mol. The van der Waals surface area contributed by atoms with Crippen LogP contribution in [-0.2, 0) is 6.42 Å². The van der Waals surface area contributed by atoms with Gasteiger partial charge in [-0.1, -0.05) is 19.1 Å². The van der Waals surface area contributed by atoms with Gasteiger partial charge in [0.15, 0.2) is 0 Å². The van der Waals surface area contributed by atoms with E-state index in [4.69, 9.17) is 5.26 Å². The van der Waals surface area contributed by atoms with E-state index in [1.807, 2.05) is 26.0 Å². The summed E-state index contributed by atoms with van der Waals surface area (Å²) in [7, 11) is 0. The van der Waals surface area contributed by atoms with Crippen LogP contribution in [0.2, 0.25) is 0 Å². The molecule has 1 N–H and O–H groups in total. The lowest BCUT2D eigenvalue weighted by atomic mass is 9.94. The van der Waals surface area contributed by atoms with Crippen molar-refractivity contribution in [2.24, 2.45) is 0 Å². The van der Waals surface area contributed by atoms with Gasteiger partial charge in [0.1, 0.15) is 0 Å². The fourth-order valence-corrected chi connectivity index (χ4v) is 1.26. The molecule has 0 aliphatic rings. The molecule has 0 fully saturated rings. The standard InChI is InChI=1S/C12H15NO/c1-3-12(2,14)8-10-4-6-11(9-13)7-5-10/h4-7,14H,3,8H2,1-2H3. The molecule has 1 rings (SSSR count). The van der Waals surface area contributed by atoms with Crippen molar-refractivity contribution in [3.63, 3.8) is 0 Å². The summed E-state index contributed by atoms with van der Waals surface area (Å²) >= 11 is 0. The van der Waals surface area contributed by atoms with Gasteiger partial charge in [-0.2, -0.15) is 5.26 Å². The number of hydrogen-bond acceptors (Lipinski definition) is 2. The Labute approximate surface area is 84.8 Å². The van der Waals surface area contributed by atoms with Gasteiger partial charge in [-0.25, -0.2) is 0 Å². The van der Waals surface area contributed by atoms with Gasteiger partial charge in [-0.05, 0) is 31.0 Å². The Kier molecular flexibility index (Phi) is 3.27. The first-order valence-electron chi connectivity index (χ1n) is 4.79. The molecule has 0 aliphatic heterocycles. The average Bonchev–Trinajstić information content (AvgIpc) is 2.19. The zero-order valence-electron chi connectivity index (χ0n) is 8.62. The predicted octanol–water partition coefficient (Wildman–Crippen LogP) is 2.26. The lowest BCUT2D eigenvalue weighted by Gasteiger charge is -2.21. The minimum atomic E-state index is -0.645. The van der Waals surface area contributed by atoms with Crippen LogP contribution in [0.3, 0.4) is 0 Å². The van der Waals surface area contributed by atoms with Crippen LogP contribution >= 0.6 is 0 Å². The molecule has 0 amide bonds. The maximum Gasteiger partial charge on any atom is 0.0991 e. The molecule has 0 aromatic heterocycles. The molecule has 2 heteroatoms. The van der Waals surface area contributed by atoms with Gasteiger partial charge in [0.05, 0.1) is 17.2 Å². The van der Waals surface area contributed by atoms with Crippen LogP contribution in [0.1, 0.15) is 31.4 Å². The van der Waals surface area contributed by atoms with Crippen LogP contribution in [0.4, 0.5) is 0 Å². The van der Waals surface area contributed by atoms with Gasteiger partial charge in [0.25, 0.3) is 0 Å². The Balaban J connectivity index is 2.75. The van der Waals surface area contributed by atoms with Gasteiger partial charge in [0.2, 0.25) is 0 Å². The highest BCUT2D eigenvalue weighted by molar-refractivity contribution is 5.32. The van der Waals surface area contributed by atoms with E-state index in [1.54, 1.807) is 12.1 Å². The Hall–Kier alpha value is -1.33. The van der Waals surface area contributed by atoms with E-state index >= 15 is 0 Å². The SMILES string of the molecule is CCC(C)(O)Cc1ccc(C#N)cc1. The van der Waals surface area contributed by atoms with Crippen molar-refractivity contribution in [1.29, 1.82) is 5.26 Å². The highest BCUT2D eigenvalue weighted by atomic mass is 16.3. The molecule has 1 aromatic rings. The maximum atomic E-state index is 9.84. The topological polar surface area (TPSA) is 44.0 Å². The van der Waals surface area contributed by atoms with Crippen LogP contribution in [0.15, 0.2) is 24.3 Å². The fraction of sp³-hybridized carbons (Fsp3) is 0.417. The molecule has 0 saturated heterocycles. The molecule has 0 saturated carbocycles. The molecule has 0 spiro atoms. The van der Waals surface area contributed by atoms with Gasteiger partial charge < -0.3 is 5.11 Å². The Morgan fingerprint density at radius 1 is 1.36 bits per heavy atom. The van der Waals surface area contributed by atoms with E-state index in [2.05, 4.69) is 6.07 Å². The zero-order valence-corrected chi connectivity index (χ0v) is 8.62. The molecule has 0 bridgehead atoms. The molecule has 14 heavy (non-hydrogen) atoms. The molecule has 0 aliphatic carbocycles. The third-order valence-corrected chi connectivity index (χ3v) is 2.43. The quantitative estimate of drug-likeness (QED) is 0.792. The van der Waals surface area contributed by atoms with Gasteiger partial charge in [-0.15, -0.1) is 0 Å². The summed E-state index contributed by atoms with van der Waals surface area (Å²) in [5, 5.41) is 18.4. The first kappa shape index (κ1) is 10.7. The monoisotopic (exact) mass is 189 g/mol. The predicted molar refractivity (Wildman–Crippen MR) is 55.8 cm³/mol. The molecule has 1 unspecified atom stereocenters. The normalized spacial score (nSPS) is 14.4. The number of nitriles is 1. The summed E-state index contributed by atoms with van der Waals surface area (Å²) in [4.78, 5) is 0. The summed E-state index contributed by atoms with van der Waals surface area (Å²) in [5.41, 5.74) is 1.08. The van der Waals surface area contributed by atoms with Gasteiger partial charge >= 0.3 is 0 Å². The molecule has 2 nitrogen and oxygen atoms in total. The number of nitrogens with zero attached hydrogens (tertiary/aromatic N) is 1. The third kappa shape index (κ3) is 2.86. The van der Waals surface area contributed by atoms with Crippen molar-refractivity contribution < 1.29 is 5.11 Å². The van der Waals surface area contributed by atoms with Crippen molar-refractivity contribution in [2.45, 2.75) is 32.3 Å². The summed E-state index contributed by atoms with van der Waals surface area (Å²) in [6.07, 6.45) is 1.36. The van der Waals surface area contributed by atoms with E-state index < -0.39 is 5.60 Å². The Bertz CT molecular complexity index is 332. The van der Waals surface area contributed by atoms with Crippen molar-refractivity contribution in [3.8, 4) is 6.07 Å². The largest absolute Gasteiger partial charge is 0.390 e. The summed E-state index contributed by atoms with van der Waals surface area (Å²) in [6, 6.07) is 9.41. The highest BCUT2D eigenvalue weighted by Crippen LogP contribution is 2.16. The molecule has 74 valence electrons. The van der Waals surface area contributed by atoms with Crippen molar-refractivity contribution in [2.75, 3.05) is 0 Å². The molecule has 1 aromatic carbocycles. The fourth-order valence-electron chi connectivity index (χ4n) is 1.26. The zero-order chi connectivity index (χ0) is 10.6. The van der Waals surface area contributed by atoms with Crippen molar-refractivity contribution >= 4 is 0 Å². The van der Waals surface area contributed by atoms with E-state index in [-0.39, 0.29) is 0 Å². The first-order chi connectivity index (χ1) is 6.57. The Morgan fingerprint density at radius 2 is 1.93 bits per heavy atom. The second-order valence-electron chi connectivity index (χ2n) is 3.84. The van der Waals surface area contributed by atoms with Gasteiger partial charge in [0, 0.05) is 6.42 Å². The van der Waals surface area contributed by atoms with Crippen LogP contribution < -0.4 is 0 Å². The summed E-state index contributed by atoms with van der Waals surface area (Å²) < 4.78 is 0. The van der Waals surface area contributed by atoms with E-state index in [1.165, 1.54) is 0 Å². The smallest absolute Gasteiger partial charge is 0.0991 e. The van der Waals surface area contributed by atoms with E-state index in [0.717, 1.165) is 12.0 Å². The highest BCUT2D eigenvalue weighted by Gasteiger charge is 2.17. The van der Waals surface area contributed by atoms with E-state index in [9.17, 15) is 5.11 Å². The van der Waals surface area contributed by atoms with Crippen LogP contribution in [0.5, 0.6) is 0 Å². The molecular formula is C12H15NO. The lowest BCUT2D eigenvalue weighted by molar-refractivity contribution is 0.0564. The van der Waals surface area contributed by atoms with Gasteiger partial charge in [-0.3, -0.25) is 0 Å². The lowest BCUT2D eigenvalue weighted by Crippen LogP contribution is -2.25. The second-order valence-corrected chi connectivity index (χ2v) is 3.84. The molecule has 0 radical (unpaired) electrons. The van der Waals surface area contributed by atoms with Crippen LogP contribution in [0.25, 0.3) is 0 Å². The summed E-state index contributed by atoms with van der Waals surface area (Å²) in [5.74, 6) is 0. The van der Waals surface area contributed by atoms with Crippen LogP contribution in [-0.4, -0.2) is 10.7 Å². The van der Waals surface area contributed by atoms with E-state index in [0.29, 0.717) is 12.0 Å². The summed E-state index contributed by atoms with van der Waals surface area (Å²) in [6.45, 7) is 3.79. The third-order valence-electron chi connectivity index (χ3n) is 2.43. The Morgan fingerprint density at radius 3 is 2.36 bits per heavy atom. The second kappa shape index (κ2) is 4.26. The van der Waals surface area contributed by atoms with Crippen molar-refractivity contribution in [1.82, 2.24) is 0 Å². The maximum absolute atomic E-state index is 9.84.